The van der Waals surface area contributed by atoms with Crippen molar-refractivity contribution in [3.05, 3.63) is 29.7 Å². The molecule has 6 nitrogen and oxygen atoms in total. The lowest BCUT2D eigenvalue weighted by atomic mass is 10.4. The summed E-state index contributed by atoms with van der Waals surface area (Å²) in [6, 6.07) is 3.73. The molecule has 0 bridgehead atoms. The van der Waals surface area contributed by atoms with Crippen molar-refractivity contribution in [2.45, 2.75) is 13.8 Å². The molecule has 0 spiro atoms. The molecule has 0 fully saturated rings. The van der Waals surface area contributed by atoms with Crippen LogP contribution in [0.25, 0.3) is 5.82 Å². The van der Waals surface area contributed by atoms with Crippen molar-refractivity contribution in [1.82, 2.24) is 19.6 Å². The number of nitrogens with two attached hydrogens (primary N) is 1. The lowest BCUT2D eigenvalue weighted by molar-refractivity contribution is 0.778. The van der Waals surface area contributed by atoms with Gasteiger partial charge in [0.05, 0.1) is 5.69 Å². The first kappa shape index (κ1) is 9.45. The number of hydrogen-bond acceptors (Lipinski definition) is 3. The van der Waals surface area contributed by atoms with Crippen LogP contribution in [0.5, 0.6) is 0 Å². The maximum absolute atomic E-state index is 7.22. The minimum Gasteiger partial charge on any atom is -0.368 e. The largest absolute Gasteiger partial charge is 0.368 e. The zero-order valence-corrected chi connectivity index (χ0v) is 8.60. The highest BCUT2D eigenvalue weighted by Crippen LogP contribution is 2.08. The van der Waals surface area contributed by atoms with Crippen molar-refractivity contribution in [2.24, 2.45) is 5.73 Å². The normalized spacial score (nSPS) is 10.5. The van der Waals surface area contributed by atoms with E-state index in [1.54, 1.807) is 16.9 Å². The van der Waals surface area contributed by atoms with E-state index in [9.17, 15) is 0 Å². The Morgan fingerprint density at radius 1 is 1.40 bits per heavy atom. The predicted octanol–water partition coefficient (Wildman–Crippen LogP) is 0.427. The summed E-state index contributed by atoms with van der Waals surface area (Å²) in [7, 11) is 0. The lowest BCUT2D eigenvalue weighted by Crippen LogP contribution is -2.21. The number of rotatable bonds is 1. The van der Waals surface area contributed by atoms with Crippen LogP contribution in [0.3, 0.4) is 0 Å². The Morgan fingerprint density at radius 3 is 2.60 bits per heavy atom. The Balaban J connectivity index is 2.45. The van der Waals surface area contributed by atoms with Crippen molar-refractivity contribution in [3.63, 3.8) is 0 Å². The van der Waals surface area contributed by atoms with Crippen LogP contribution >= 0.6 is 0 Å². The third-order valence-electron chi connectivity index (χ3n) is 2.05. The predicted molar refractivity (Wildman–Crippen MR) is 56.1 cm³/mol. The molecule has 2 aromatic rings. The van der Waals surface area contributed by atoms with Gasteiger partial charge in [0.2, 0.25) is 5.96 Å². The molecule has 2 heterocycles. The SMILES string of the molecule is Cc1cc(C)n(-c2ccn(C(=N)N)n2)n1. The van der Waals surface area contributed by atoms with Gasteiger partial charge in [-0.2, -0.15) is 5.10 Å². The van der Waals surface area contributed by atoms with Gasteiger partial charge in [-0.3, -0.25) is 5.41 Å². The van der Waals surface area contributed by atoms with Crippen LogP contribution in [-0.2, 0) is 0 Å². The second-order valence-corrected chi connectivity index (χ2v) is 3.34. The molecule has 15 heavy (non-hydrogen) atoms. The van der Waals surface area contributed by atoms with Crippen molar-refractivity contribution in [2.75, 3.05) is 0 Å². The number of aromatic nitrogens is 4. The van der Waals surface area contributed by atoms with E-state index in [2.05, 4.69) is 10.2 Å². The fourth-order valence-corrected chi connectivity index (χ4v) is 1.42. The summed E-state index contributed by atoms with van der Waals surface area (Å²) in [6.07, 6.45) is 1.63. The molecule has 0 saturated heterocycles. The van der Waals surface area contributed by atoms with Crippen molar-refractivity contribution in [3.8, 4) is 5.82 Å². The van der Waals surface area contributed by atoms with Gasteiger partial charge in [0.1, 0.15) is 0 Å². The molecule has 0 radical (unpaired) electrons. The molecule has 0 unspecified atom stereocenters. The Morgan fingerprint density at radius 2 is 2.13 bits per heavy atom. The molecule has 0 aliphatic carbocycles. The fraction of sp³-hybridized carbons (Fsp3) is 0.222. The Bertz CT molecular complexity index is 506. The van der Waals surface area contributed by atoms with E-state index >= 15 is 0 Å². The van der Waals surface area contributed by atoms with Crippen LogP contribution in [-0.4, -0.2) is 25.5 Å². The van der Waals surface area contributed by atoms with Crippen LogP contribution in [0.4, 0.5) is 0 Å². The van der Waals surface area contributed by atoms with Crippen molar-refractivity contribution >= 4 is 5.96 Å². The molecule has 0 saturated carbocycles. The number of aryl methyl sites for hydroxylation is 2. The van der Waals surface area contributed by atoms with Crippen LogP contribution in [0.1, 0.15) is 11.4 Å². The van der Waals surface area contributed by atoms with Gasteiger partial charge >= 0.3 is 0 Å². The second-order valence-electron chi connectivity index (χ2n) is 3.34. The molecule has 0 aliphatic rings. The summed E-state index contributed by atoms with van der Waals surface area (Å²) >= 11 is 0. The molecular weight excluding hydrogens is 192 g/mol. The summed E-state index contributed by atoms with van der Waals surface area (Å²) in [5, 5.41) is 15.6. The van der Waals surface area contributed by atoms with E-state index in [0.717, 1.165) is 11.4 Å². The van der Waals surface area contributed by atoms with E-state index in [1.165, 1.54) is 4.68 Å². The zero-order valence-electron chi connectivity index (χ0n) is 8.60. The fourth-order valence-electron chi connectivity index (χ4n) is 1.42. The van der Waals surface area contributed by atoms with Gasteiger partial charge < -0.3 is 5.73 Å². The average molecular weight is 204 g/mol. The monoisotopic (exact) mass is 204 g/mol. The highest BCUT2D eigenvalue weighted by atomic mass is 15.4. The maximum atomic E-state index is 7.22. The maximum Gasteiger partial charge on any atom is 0.213 e. The first-order valence-electron chi connectivity index (χ1n) is 4.51. The van der Waals surface area contributed by atoms with Crippen LogP contribution in [0, 0.1) is 19.3 Å². The first-order valence-corrected chi connectivity index (χ1v) is 4.51. The summed E-state index contributed by atoms with van der Waals surface area (Å²) in [5.41, 5.74) is 7.24. The van der Waals surface area contributed by atoms with E-state index in [0.29, 0.717) is 5.82 Å². The molecule has 0 aliphatic heterocycles. The molecule has 0 aromatic carbocycles. The molecule has 78 valence electrons. The van der Waals surface area contributed by atoms with E-state index in [4.69, 9.17) is 11.1 Å². The number of nitrogens with zero attached hydrogens (tertiary/aromatic N) is 4. The smallest absolute Gasteiger partial charge is 0.213 e. The van der Waals surface area contributed by atoms with Crippen LogP contribution in [0.2, 0.25) is 0 Å². The van der Waals surface area contributed by atoms with Crippen LogP contribution < -0.4 is 5.73 Å². The standard InChI is InChI=1S/C9H12N6/c1-6-5-7(2)15(12-6)8-3-4-14(13-8)9(10)11/h3-5H,1-2H3,(H3,10,11). The molecular formula is C9H12N6. The molecule has 3 N–H and O–H groups in total. The van der Waals surface area contributed by atoms with Crippen LogP contribution in [0.15, 0.2) is 18.3 Å². The van der Waals surface area contributed by atoms with Gasteiger partial charge in [0, 0.05) is 18.0 Å². The molecule has 0 atom stereocenters. The number of nitrogen functional groups attached to an aromatic ring is 1. The minimum atomic E-state index is -0.109. The van der Waals surface area contributed by atoms with E-state index in [-0.39, 0.29) is 5.96 Å². The van der Waals surface area contributed by atoms with Gasteiger partial charge in [0.15, 0.2) is 5.82 Å². The third-order valence-corrected chi connectivity index (χ3v) is 2.05. The quantitative estimate of drug-likeness (QED) is 0.521. The van der Waals surface area contributed by atoms with E-state index in [1.807, 2.05) is 19.9 Å². The lowest BCUT2D eigenvalue weighted by Gasteiger charge is -1.98. The van der Waals surface area contributed by atoms with Crippen molar-refractivity contribution < 1.29 is 0 Å². The number of nitrogens with one attached hydrogen (secondary N) is 1. The Labute approximate surface area is 86.8 Å². The molecule has 6 heteroatoms. The zero-order chi connectivity index (χ0) is 11.0. The summed E-state index contributed by atoms with van der Waals surface area (Å²) in [6.45, 7) is 3.87. The molecule has 0 amide bonds. The van der Waals surface area contributed by atoms with Gasteiger partial charge in [-0.05, 0) is 19.9 Å². The first-order chi connectivity index (χ1) is 7.08. The Hall–Kier alpha value is -2.11. The summed E-state index contributed by atoms with van der Waals surface area (Å²) < 4.78 is 3.01. The van der Waals surface area contributed by atoms with Gasteiger partial charge in [0.25, 0.3) is 0 Å². The highest BCUT2D eigenvalue weighted by Gasteiger charge is 2.07. The second kappa shape index (κ2) is 3.23. The van der Waals surface area contributed by atoms with Gasteiger partial charge in [-0.25, -0.2) is 9.36 Å². The molecule has 2 aromatic heterocycles. The van der Waals surface area contributed by atoms with E-state index < -0.39 is 0 Å². The topological polar surface area (TPSA) is 85.5 Å². The molecule has 2 rings (SSSR count). The summed E-state index contributed by atoms with van der Waals surface area (Å²) in [5.74, 6) is 0.554. The van der Waals surface area contributed by atoms with Gasteiger partial charge in [-0.15, -0.1) is 5.10 Å². The van der Waals surface area contributed by atoms with Gasteiger partial charge in [-0.1, -0.05) is 0 Å². The average Bonchev–Trinajstić information content (AvgIpc) is 2.71. The minimum absolute atomic E-state index is 0.109. The highest BCUT2D eigenvalue weighted by molar-refractivity contribution is 5.76. The number of hydrogen-bond donors (Lipinski definition) is 2. The summed E-state index contributed by atoms with van der Waals surface area (Å²) in [4.78, 5) is 0. The Kier molecular flexibility index (Phi) is 2.03. The van der Waals surface area contributed by atoms with Crippen molar-refractivity contribution in [1.29, 1.82) is 5.41 Å². The third kappa shape index (κ3) is 1.61.